The Morgan fingerprint density at radius 3 is 2.64 bits per heavy atom. The molecule has 5 nitrogen and oxygen atoms in total. The molecule has 2 heterocycles. The van der Waals surface area contributed by atoms with Gasteiger partial charge in [0.25, 0.3) is 0 Å². The van der Waals surface area contributed by atoms with Crippen LogP contribution in [0.25, 0.3) is 0 Å². The van der Waals surface area contributed by atoms with Crippen molar-refractivity contribution in [1.29, 1.82) is 0 Å². The van der Waals surface area contributed by atoms with E-state index in [0.29, 0.717) is 25.5 Å². The largest absolute Gasteiger partial charge is 0.417 e. The van der Waals surface area contributed by atoms with Crippen LogP contribution in [-0.4, -0.2) is 23.1 Å². The van der Waals surface area contributed by atoms with Crippen LogP contribution in [0.4, 0.5) is 19.0 Å². The summed E-state index contributed by atoms with van der Waals surface area (Å²) < 4.78 is 37.1. The number of pyridine rings is 2. The number of rotatable bonds is 6. The number of aromatic amines is 1. The normalized spacial score (nSPS) is 11.4. The first kappa shape index (κ1) is 16.0. The first-order valence-electron chi connectivity index (χ1n) is 6.60. The zero-order chi connectivity index (χ0) is 16.0. The summed E-state index contributed by atoms with van der Waals surface area (Å²) in [6, 6.07) is 5.57. The van der Waals surface area contributed by atoms with Gasteiger partial charge in [-0.05, 0) is 23.8 Å². The number of H-pyrrole nitrogens is 1. The van der Waals surface area contributed by atoms with E-state index in [1.165, 1.54) is 12.1 Å². The second kappa shape index (κ2) is 7.08. The molecule has 0 spiro atoms. The highest BCUT2D eigenvalue weighted by Gasteiger charge is 2.30. The quantitative estimate of drug-likeness (QED) is 0.714. The van der Waals surface area contributed by atoms with Crippen LogP contribution < -0.4 is 16.2 Å². The van der Waals surface area contributed by atoms with Gasteiger partial charge in [0.1, 0.15) is 5.82 Å². The van der Waals surface area contributed by atoms with E-state index in [0.717, 1.165) is 17.8 Å². The summed E-state index contributed by atoms with van der Waals surface area (Å²) in [7, 11) is 0. The molecule has 0 aromatic carbocycles. The van der Waals surface area contributed by atoms with E-state index in [-0.39, 0.29) is 5.56 Å². The average molecular weight is 312 g/mol. The van der Waals surface area contributed by atoms with Crippen molar-refractivity contribution in [3.8, 4) is 0 Å². The molecule has 22 heavy (non-hydrogen) atoms. The van der Waals surface area contributed by atoms with Gasteiger partial charge in [0.05, 0.1) is 5.56 Å². The summed E-state index contributed by atoms with van der Waals surface area (Å²) in [6.07, 6.45) is -2.00. The van der Waals surface area contributed by atoms with Crippen molar-refractivity contribution in [2.45, 2.75) is 12.7 Å². The fourth-order valence-corrected chi connectivity index (χ4v) is 1.78. The zero-order valence-corrected chi connectivity index (χ0v) is 11.6. The highest BCUT2D eigenvalue weighted by atomic mass is 19.4. The van der Waals surface area contributed by atoms with Gasteiger partial charge < -0.3 is 15.6 Å². The Morgan fingerprint density at radius 1 is 1.18 bits per heavy atom. The molecule has 0 saturated carbocycles. The van der Waals surface area contributed by atoms with Crippen molar-refractivity contribution in [1.82, 2.24) is 15.3 Å². The summed E-state index contributed by atoms with van der Waals surface area (Å²) in [5.41, 5.74) is -0.0757. The van der Waals surface area contributed by atoms with Crippen molar-refractivity contribution < 1.29 is 13.2 Å². The van der Waals surface area contributed by atoms with Gasteiger partial charge in [-0.25, -0.2) is 4.98 Å². The Hall–Kier alpha value is -2.35. The van der Waals surface area contributed by atoms with Crippen LogP contribution >= 0.6 is 0 Å². The molecule has 118 valence electrons. The SMILES string of the molecule is O=c1cc(CNCCNc2ccc(C(F)(F)F)cn2)cc[nH]1. The van der Waals surface area contributed by atoms with Gasteiger partial charge in [0, 0.05) is 38.1 Å². The van der Waals surface area contributed by atoms with Crippen LogP contribution in [0.15, 0.2) is 41.5 Å². The molecule has 0 radical (unpaired) electrons. The van der Waals surface area contributed by atoms with E-state index < -0.39 is 11.7 Å². The van der Waals surface area contributed by atoms with Crippen molar-refractivity contribution in [2.75, 3.05) is 18.4 Å². The number of nitrogens with one attached hydrogen (secondary N) is 3. The van der Waals surface area contributed by atoms with Gasteiger partial charge in [-0.3, -0.25) is 4.79 Å². The molecule has 8 heteroatoms. The molecular formula is C14H15F3N4O. The van der Waals surface area contributed by atoms with Crippen LogP contribution in [0.3, 0.4) is 0 Å². The Morgan fingerprint density at radius 2 is 2.00 bits per heavy atom. The fraction of sp³-hybridized carbons (Fsp3) is 0.286. The molecule has 0 aliphatic carbocycles. The minimum Gasteiger partial charge on any atom is -0.369 e. The van der Waals surface area contributed by atoms with E-state index in [2.05, 4.69) is 20.6 Å². The predicted molar refractivity (Wildman–Crippen MR) is 76.5 cm³/mol. The Labute approximate surface area is 124 Å². The second-order valence-corrected chi connectivity index (χ2v) is 4.59. The Bertz CT molecular complexity index is 652. The summed E-state index contributed by atoms with van der Waals surface area (Å²) in [5.74, 6) is 0.381. The zero-order valence-electron chi connectivity index (χ0n) is 11.6. The second-order valence-electron chi connectivity index (χ2n) is 4.59. The van der Waals surface area contributed by atoms with Crippen LogP contribution in [0.2, 0.25) is 0 Å². The summed E-state index contributed by atoms with van der Waals surface area (Å²) in [6.45, 7) is 1.61. The molecule has 0 unspecified atom stereocenters. The number of halogens is 3. The minimum atomic E-state index is -4.37. The predicted octanol–water partition coefficient (Wildman–Crippen LogP) is 1.99. The highest BCUT2D eigenvalue weighted by Crippen LogP contribution is 2.28. The molecule has 0 atom stereocenters. The van der Waals surface area contributed by atoms with E-state index in [1.807, 2.05) is 0 Å². The molecular weight excluding hydrogens is 297 g/mol. The standard InChI is InChI=1S/C14H15F3N4O/c15-14(16,17)11-1-2-12(21-9-11)19-6-5-18-8-10-3-4-20-13(22)7-10/h1-4,7,9,18H,5-6,8H2,(H,19,21)(H,20,22). The lowest BCUT2D eigenvalue weighted by Gasteiger charge is -2.09. The number of alkyl halides is 3. The van der Waals surface area contributed by atoms with Crippen molar-refractivity contribution in [2.24, 2.45) is 0 Å². The smallest absolute Gasteiger partial charge is 0.369 e. The summed E-state index contributed by atoms with van der Waals surface area (Å²) >= 11 is 0. The van der Waals surface area contributed by atoms with Crippen LogP contribution in [-0.2, 0) is 12.7 Å². The third-order valence-corrected chi connectivity index (χ3v) is 2.87. The van der Waals surface area contributed by atoms with Gasteiger partial charge in [-0.15, -0.1) is 0 Å². The summed E-state index contributed by atoms with van der Waals surface area (Å²) in [5, 5.41) is 6.02. The highest BCUT2D eigenvalue weighted by molar-refractivity contribution is 5.36. The van der Waals surface area contributed by atoms with E-state index in [1.54, 1.807) is 12.3 Å². The molecule has 2 aromatic rings. The van der Waals surface area contributed by atoms with Crippen LogP contribution in [0.1, 0.15) is 11.1 Å². The maximum Gasteiger partial charge on any atom is 0.417 e. The fourth-order valence-electron chi connectivity index (χ4n) is 1.78. The lowest BCUT2D eigenvalue weighted by atomic mass is 10.2. The third-order valence-electron chi connectivity index (χ3n) is 2.87. The molecule has 0 bridgehead atoms. The van der Waals surface area contributed by atoms with E-state index in [9.17, 15) is 18.0 Å². The Kier molecular flexibility index (Phi) is 5.16. The molecule has 3 N–H and O–H groups in total. The topological polar surface area (TPSA) is 69.8 Å². The molecule has 0 fully saturated rings. The third kappa shape index (κ3) is 4.88. The first-order chi connectivity index (χ1) is 10.4. The van der Waals surface area contributed by atoms with Crippen molar-refractivity contribution in [3.05, 3.63) is 58.1 Å². The molecule has 0 amide bonds. The monoisotopic (exact) mass is 312 g/mol. The number of hydrogen-bond donors (Lipinski definition) is 3. The maximum atomic E-state index is 12.4. The number of aromatic nitrogens is 2. The number of nitrogens with zero attached hydrogens (tertiary/aromatic N) is 1. The van der Waals surface area contributed by atoms with E-state index in [4.69, 9.17) is 0 Å². The number of anilines is 1. The lowest BCUT2D eigenvalue weighted by molar-refractivity contribution is -0.137. The van der Waals surface area contributed by atoms with Gasteiger partial charge in [0.15, 0.2) is 0 Å². The average Bonchev–Trinajstić information content (AvgIpc) is 2.46. The molecule has 2 aromatic heterocycles. The van der Waals surface area contributed by atoms with Crippen molar-refractivity contribution in [3.63, 3.8) is 0 Å². The maximum absolute atomic E-state index is 12.4. The first-order valence-corrected chi connectivity index (χ1v) is 6.60. The van der Waals surface area contributed by atoms with Crippen LogP contribution in [0.5, 0.6) is 0 Å². The molecule has 0 saturated heterocycles. The van der Waals surface area contributed by atoms with Gasteiger partial charge >= 0.3 is 6.18 Å². The molecule has 0 aliphatic rings. The van der Waals surface area contributed by atoms with Crippen molar-refractivity contribution >= 4 is 5.82 Å². The molecule has 2 rings (SSSR count). The minimum absolute atomic E-state index is 0.161. The Balaban J connectivity index is 1.71. The van der Waals surface area contributed by atoms with Gasteiger partial charge in [0.2, 0.25) is 5.56 Å². The van der Waals surface area contributed by atoms with Gasteiger partial charge in [-0.2, -0.15) is 13.2 Å². The summed E-state index contributed by atoms with van der Waals surface area (Å²) in [4.78, 5) is 17.3. The van der Waals surface area contributed by atoms with Gasteiger partial charge in [-0.1, -0.05) is 0 Å². The van der Waals surface area contributed by atoms with Crippen LogP contribution in [0, 0.1) is 0 Å². The molecule has 0 aliphatic heterocycles. The number of hydrogen-bond acceptors (Lipinski definition) is 4. The lowest BCUT2D eigenvalue weighted by Crippen LogP contribution is -2.22. The van der Waals surface area contributed by atoms with E-state index >= 15 is 0 Å².